The summed E-state index contributed by atoms with van der Waals surface area (Å²) in [6.45, 7) is 5.78. The number of fused-ring (bicyclic) bond motifs is 3. The molecule has 2 aliphatic carbocycles. The highest BCUT2D eigenvalue weighted by molar-refractivity contribution is 6.30. The highest BCUT2D eigenvalue weighted by atomic mass is 35.5. The van der Waals surface area contributed by atoms with Crippen LogP contribution in [0.4, 0.5) is 23.4 Å². The number of alkyl halides is 3. The molecule has 6 nitrogen and oxygen atoms in total. The summed E-state index contributed by atoms with van der Waals surface area (Å²) in [6, 6.07) is 7.35. The Morgan fingerprint density at radius 1 is 1.03 bits per heavy atom. The van der Waals surface area contributed by atoms with E-state index < -0.39 is 11.6 Å². The Bertz CT molecular complexity index is 1450. The Hall–Kier alpha value is -2.72. The first-order valence-electron chi connectivity index (χ1n) is 13.3. The quantitative estimate of drug-likeness (QED) is 0.357. The maximum Gasteiger partial charge on any atom is 0.394 e. The smallest absolute Gasteiger partial charge is 0.355 e. The number of hydrogen-bond acceptors (Lipinski definition) is 5. The summed E-state index contributed by atoms with van der Waals surface area (Å²) < 4.78 is 56.4. The van der Waals surface area contributed by atoms with E-state index in [4.69, 9.17) is 11.6 Å². The first-order chi connectivity index (χ1) is 18.4. The number of halogens is 5. The maximum atomic E-state index is 13.6. The largest absolute Gasteiger partial charge is 0.394 e. The topological polar surface area (TPSA) is 50.1 Å². The van der Waals surface area contributed by atoms with E-state index in [0.29, 0.717) is 23.7 Å². The van der Waals surface area contributed by atoms with Crippen molar-refractivity contribution in [2.24, 2.45) is 10.8 Å². The van der Waals surface area contributed by atoms with Crippen molar-refractivity contribution in [3.05, 3.63) is 64.1 Å². The van der Waals surface area contributed by atoms with Gasteiger partial charge in [-0.25, -0.2) is 9.37 Å². The maximum absolute atomic E-state index is 13.6. The van der Waals surface area contributed by atoms with Crippen LogP contribution in [0, 0.1) is 23.6 Å². The lowest BCUT2D eigenvalue weighted by atomic mass is 9.57. The molecule has 1 aromatic carbocycles. The fourth-order valence-electron chi connectivity index (χ4n) is 7.09. The van der Waals surface area contributed by atoms with Crippen LogP contribution in [0.3, 0.4) is 0 Å². The van der Waals surface area contributed by atoms with Crippen LogP contribution >= 0.6 is 11.6 Å². The van der Waals surface area contributed by atoms with Crippen molar-refractivity contribution >= 4 is 17.4 Å². The molecule has 2 aromatic heterocycles. The molecule has 1 spiro atoms. The molecule has 206 valence electrons. The Labute approximate surface area is 229 Å². The molecule has 0 amide bonds. The van der Waals surface area contributed by atoms with Crippen LogP contribution in [-0.4, -0.2) is 50.0 Å². The molecule has 0 atom stereocenters. The summed E-state index contributed by atoms with van der Waals surface area (Å²) in [5, 5.41) is 9.77. The molecule has 3 aromatic rings. The molecule has 1 saturated heterocycles. The number of aromatic nitrogens is 4. The second-order valence-electron chi connectivity index (χ2n) is 12.4. The number of aryl methyl sites for hydroxylation is 1. The minimum absolute atomic E-state index is 0.0808. The van der Waals surface area contributed by atoms with E-state index in [1.165, 1.54) is 13.1 Å². The van der Waals surface area contributed by atoms with Crippen LogP contribution < -0.4 is 4.90 Å². The summed E-state index contributed by atoms with van der Waals surface area (Å²) in [7, 11) is 0. The van der Waals surface area contributed by atoms with Gasteiger partial charge in [0.25, 0.3) is 0 Å². The molecule has 4 aliphatic rings. The van der Waals surface area contributed by atoms with E-state index in [9.17, 15) is 17.6 Å². The second kappa shape index (κ2) is 8.39. The van der Waals surface area contributed by atoms with Gasteiger partial charge in [-0.05, 0) is 68.0 Å². The van der Waals surface area contributed by atoms with Crippen molar-refractivity contribution < 1.29 is 17.6 Å². The van der Waals surface area contributed by atoms with Crippen molar-refractivity contribution in [2.45, 2.75) is 70.8 Å². The average Bonchev–Trinajstić information content (AvgIpc) is 3.11. The molecule has 3 fully saturated rings. The van der Waals surface area contributed by atoms with Crippen molar-refractivity contribution in [3.63, 3.8) is 0 Å². The SMILES string of the molecule is Cc1cc(N2CC3(CC(c4nnc5n4-c4ccc(Cl)cc4CN(C4CC(C)(C(F)(F)F)C4)C5)C3)C2)ncc1F. The lowest BCUT2D eigenvalue weighted by Crippen LogP contribution is -2.62. The van der Waals surface area contributed by atoms with Crippen LogP contribution in [0.2, 0.25) is 5.02 Å². The van der Waals surface area contributed by atoms with E-state index in [2.05, 4.69) is 29.5 Å². The number of nitrogens with zero attached hydrogens (tertiary/aromatic N) is 6. The van der Waals surface area contributed by atoms with Gasteiger partial charge in [-0.3, -0.25) is 9.47 Å². The molecular weight excluding hydrogens is 532 g/mol. The molecule has 39 heavy (non-hydrogen) atoms. The zero-order valence-electron chi connectivity index (χ0n) is 21.8. The third kappa shape index (κ3) is 3.96. The van der Waals surface area contributed by atoms with Gasteiger partial charge < -0.3 is 4.90 Å². The van der Waals surface area contributed by atoms with Crippen LogP contribution in [0.5, 0.6) is 0 Å². The standard InChI is InChI=1S/C28H29ClF4N6/c1-16-5-23(34-11-21(16)30)38-14-27(15-38)7-18(8-27)25-36-35-24-13-37(20-9-26(2,10-20)28(31,32)33)12-17-6-19(29)3-4-22(17)39(24)25/h3-6,11,18,20H,7-10,12-15H2,1-2H3. The van der Waals surface area contributed by atoms with E-state index in [1.807, 2.05) is 18.2 Å². The first-order valence-corrected chi connectivity index (χ1v) is 13.7. The molecule has 0 N–H and O–H groups in total. The van der Waals surface area contributed by atoms with Crippen molar-refractivity contribution in [1.82, 2.24) is 24.6 Å². The van der Waals surface area contributed by atoms with Gasteiger partial charge in [0.05, 0.1) is 23.8 Å². The van der Waals surface area contributed by atoms with Gasteiger partial charge in [-0.2, -0.15) is 13.2 Å². The van der Waals surface area contributed by atoms with Crippen molar-refractivity contribution in [1.29, 1.82) is 0 Å². The summed E-state index contributed by atoms with van der Waals surface area (Å²) in [4.78, 5) is 8.55. The van der Waals surface area contributed by atoms with Crippen LogP contribution in [0.1, 0.15) is 61.3 Å². The molecule has 0 unspecified atom stereocenters. The average molecular weight is 561 g/mol. The van der Waals surface area contributed by atoms with Crippen LogP contribution in [0.25, 0.3) is 5.69 Å². The third-order valence-electron chi connectivity index (χ3n) is 9.46. The number of benzene rings is 1. The lowest BCUT2D eigenvalue weighted by Gasteiger charge is -2.59. The lowest BCUT2D eigenvalue weighted by molar-refractivity contribution is -0.258. The van der Waals surface area contributed by atoms with Gasteiger partial charge >= 0.3 is 6.18 Å². The number of rotatable bonds is 3. The highest BCUT2D eigenvalue weighted by Gasteiger charge is 2.60. The number of pyridine rings is 1. The van der Waals surface area contributed by atoms with Gasteiger partial charge in [0.15, 0.2) is 5.82 Å². The van der Waals surface area contributed by atoms with Crippen molar-refractivity contribution in [2.75, 3.05) is 18.0 Å². The first kappa shape index (κ1) is 25.3. The monoisotopic (exact) mass is 560 g/mol. The predicted octanol–water partition coefficient (Wildman–Crippen LogP) is 6.19. The molecule has 2 aliphatic heterocycles. The summed E-state index contributed by atoms with van der Waals surface area (Å²) >= 11 is 6.36. The Morgan fingerprint density at radius 3 is 2.46 bits per heavy atom. The Morgan fingerprint density at radius 2 is 1.77 bits per heavy atom. The van der Waals surface area contributed by atoms with E-state index >= 15 is 0 Å². The zero-order chi connectivity index (χ0) is 27.3. The molecule has 4 heterocycles. The van der Waals surface area contributed by atoms with Gasteiger partial charge in [0.2, 0.25) is 0 Å². The van der Waals surface area contributed by atoms with Gasteiger partial charge in [0, 0.05) is 42.0 Å². The molecule has 0 bridgehead atoms. The molecule has 7 rings (SSSR count). The van der Waals surface area contributed by atoms with E-state index in [1.54, 1.807) is 13.0 Å². The molecule has 11 heteroatoms. The number of hydrogen-bond donors (Lipinski definition) is 0. The van der Waals surface area contributed by atoms with Gasteiger partial charge in [-0.15, -0.1) is 10.2 Å². The molecular formula is C28H29ClF4N6. The van der Waals surface area contributed by atoms with Crippen LogP contribution in [-0.2, 0) is 13.1 Å². The van der Waals surface area contributed by atoms with E-state index in [0.717, 1.165) is 54.6 Å². The normalized spacial score (nSPS) is 26.3. The second-order valence-corrected chi connectivity index (χ2v) is 12.8. The predicted molar refractivity (Wildman–Crippen MR) is 138 cm³/mol. The highest BCUT2D eigenvalue weighted by Crippen LogP contribution is 2.57. The van der Waals surface area contributed by atoms with Crippen LogP contribution in [0.15, 0.2) is 30.5 Å². The third-order valence-corrected chi connectivity index (χ3v) is 9.70. The Kier molecular flexibility index (Phi) is 5.44. The Balaban J connectivity index is 1.11. The summed E-state index contributed by atoms with van der Waals surface area (Å²) in [5.74, 6) is 2.42. The number of anilines is 1. The minimum Gasteiger partial charge on any atom is -0.355 e. The van der Waals surface area contributed by atoms with Crippen molar-refractivity contribution in [3.8, 4) is 5.69 Å². The van der Waals surface area contributed by atoms with E-state index in [-0.39, 0.29) is 36.0 Å². The fourth-order valence-corrected chi connectivity index (χ4v) is 7.29. The van der Waals surface area contributed by atoms with Gasteiger partial charge in [0.1, 0.15) is 17.5 Å². The summed E-state index contributed by atoms with van der Waals surface area (Å²) in [6.07, 6.45) is -0.811. The molecule has 2 saturated carbocycles. The summed E-state index contributed by atoms with van der Waals surface area (Å²) in [5.41, 5.74) is 1.07. The van der Waals surface area contributed by atoms with Gasteiger partial charge in [-0.1, -0.05) is 18.5 Å². The minimum atomic E-state index is -4.20. The molecule has 0 radical (unpaired) electrons. The zero-order valence-corrected chi connectivity index (χ0v) is 22.5. The fraction of sp³-hybridized carbons (Fsp3) is 0.536.